The molecule has 5 heteroatoms. The molecular weight excluding hydrogens is 329 g/mol. The number of rotatable bonds is 3. The predicted molar refractivity (Wildman–Crippen MR) is 90.3 cm³/mol. The van der Waals surface area contributed by atoms with Crippen LogP contribution < -0.4 is 5.32 Å². The quantitative estimate of drug-likeness (QED) is 0.723. The molecule has 0 saturated heterocycles. The summed E-state index contributed by atoms with van der Waals surface area (Å²) in [5, 5.41) is 4.39. The molecule has 21 heavy (non-hydrogen) atoms. The molecule has 1 amide bonds. The Labute approximate surface area is 138 Å². The minimum absolute atomic E-state index is 0.267. The van der Waals surface area contributed by atoms with E-state index in [-0.39, 0.29) is 5.91 Å². The molecule has 0 bridgehead atoms. The highest BCUT2D eigenvalue weighted by Gasteiger charge is 2.04. The number of amides is 1. The van der Waals surface area contributed by atoms with Gasteiger partial charge in [-0.3, -0.25) is 4.79 Å². The number of hydrogen-bond donors (Lipinski definition) is 1. The summed E-state index contributed by atoms with van der Waals surface area (Å²) in [5.74, 6) is -0.267. The van der Waals surface area contributed by atoms with Gasteiger partial charge in [0, 0.05) is 32.4 Å². The molecule has 0 radical (unpaired) electrons. The second-order valence-electron chi connectivity index (χ2n) is 4.42. The topological polar surface area (TPSA) is 29.1 Å². The maximum atomic E-state index is 11.9. The number of anilines is 1. The van der Waals surface area contributed by atoms with Crippen LogP contribution in [0.3, 0.4) is 0 Å². The molecule has 2 aromatic rings. The number of nitrogens with one attached hydrogen (secondary N) is 1. The van der Waals surface area contributed by atoms with Gasteiger partial charge < -0.3 is 5.32 Å². The molecule has 0 aromatic heterocycles. The van der Waals surface area contributed by atoms with E-state index < -0.39 is 0 Å². The van der Waals surface area contributed by atoms with E-state index in [0.29, 0.717) is 26.3 Å². The highest BCUT2D eigenvalue weighted by molar-refractivity contribution is 6.37. The van der Waals surface area contributed by atoms with Crippen molar-refractivity contribution in [2.45, 2.75) is 6.92 Å². The summed E-state index contributed by atoms with van der Waals surface area (Å²) in [7, 11) is 0. The van der Waals surface area contributed by atoms with Crippen LogP contribution >= 0.6 is 34.8 Å². The lowest BCUT2D eigenvalue weighted by molar-refractivity contribution is -0.111. The van der Waals surface area contributed by atoms with E-state index >= 15 is 0 Å². The maximum absolute atomic E-state index is 11.9. The molecule has 0 heterocycles. The Morgan fingerprint density at radius 3 is 2.38 bits per heavy atom. The summed E-state index contributed by atoms with van der Waals surface area (Å²) in [5.41, 5.74) is 2.21. The van der Waals surface area contributed by atoms with Gasteiger partial charge in [0.1, 0.15) is 0 Å². The van der Waals surface area contributed by atoms with Gasteiger partial charge in [0.15, 0.2) is 0 Å². The van der Waals surface area contributed by atoms with E-state index in [1.54, 1.807) is 42.5 Å². The summed E-state index contributed by atoms with van der Waals surface area (Å²) >= 11 is 17.9. The highest BCUT2D eigenvalue weighted by atomic mass is 35.5. The van der Waals surface area contributed by atoms with Crippen molar-refractivity contribution in [3.63, 3.8) is 0 Å². The fraction of sp³-hybridized carbons (Fsp3) is 0.0625. The largest absolute Gasteiger partial charge is 0.322 e. The van der Waals surface area contributed by atoms with E-state index in [2.05, 4.69) is 5.32 Å². The van der Waals surface area contributed by atoms with Crippen LogP contribution in [0.2, 0.25) is 15.1 Å². The van der Waals surface area contributed by atoms with Crippen LogP contribution in [0.25, 0.3) is 6.08 Å². The predicted octanol–water partition coefficient (Wildman–Crippen LogP) is 5.61. The molecule has 0 unspecified atom stereocenters. The molecule has 0 aliphatic rings. The van der Waals surface area contributed by atoms with Gasteiger partial charge in [-0.05, 0) is 48.9 Å². The lowest BCUT2D eigenvalue weighted by Gasteiger charge is -2.06. The molecule has 108 valence electrons. The van der Waals surface area contributed by atoms with E-state index in [1.807, 2.05) is 6.92 Å². The number of benzene rings is 2. The second kappa shape index (κ2) is 6.99. The zero-order chi connectivity index (χ0) is 15.4. The Morgan fingerprint density at radius 1 is 1.10 bits per heavy atom. The lowest BCUT2D eigenvalue weighted by Crippen LogP contribution is -2.08. The zero-order valence-corrected chi connectivity index (χ0v) is 13.4. The zero-order valence-electron chi connectivity index (χ0n) is 11.2. The van der Waals surface area contributed by atoms with Gasteiger partial charge >= 0.3 is 0 Å². The summed E-state index contributed by atoms with van der Waals surface area (Å²) in [6.45, 7) is 1.87. The van der Waals surface area contributed by atoms with Crippen LogP contribution in [0.15, 0.2) is 42.5 Å². The number of hydrogen-bond acceptors (Lipinski definition) is 1. The Hall–Kier alpha value is -1.48. The molecule has 0 aliphatic heterocycles. The van der Waals surface area contributed by atoms with Gasteiger partial charge in [-0.25, -0.2) is 0 Å². The summed E-state index contributed by atoms with van der Waals surface area (Å²) in [6.07, 6.45) is 2.98. The fourth-order valence-electron chi connectivity index (χ4n) is 1.77. The van der Waals surface area contributed by atoms with E-state index in [1.165, 1.54) is 6.08 Å². The van der Waals surface area contributed by atoms with Crippen molar-refractivity contribution < 1.29 is 4.79 Å². The Kier molecular flexibility index (Phi) is 5.29. The molecule has 0 fully saturated rings. The lowest BCUT2D eigenvalue weighted by atomic mass is 10.2. The first-order chi connectivity index (χ1) is 9.97. The van der Waals surface area contributed by atoms with Gasteiger partial charge in [0.2, 0.25) is 5.91 Å². The molecular formula is C16H12Cl3NO. The van der Waals surface area contributed by atoms with E-state index in [0.717, 1.165) is 5.56 Å². The SMILES string of the molecule is Cc1cc(Cl)ccc1NC(=O)C=Cc1c(Cl)cccc1Cl. The molecule has 2 aromatic carbocycles. The monoisotopic (exact) mass is 339 g/mol. The Morgan fingerprint density at radius 2 is 1.76 bits per heavy atom. The van der Waals surface area contributed by atoms with Crippen LogP contribution in [0.1, 0.15) is 11.1 Å². The standard InChI is InChI=1S/C16H12Cl3NO/c1-10-9-11(17)5-7-15(10)20-16(21)8-6-12-13(18)3-2-4-14(12)19/h2-9H,1H3,(H,20,21). The second-order valence-corrected chi connectivity index (χ2v) is 5.67. The molecule has 2 rings (SSSR count). The van der Waals surface area contributed by atoms with E-state index in [4.69, 9.17) is 34.8 Å². The first-order valence-electron chi connectivity index (χ1n) is 6.16. The third-order valence-corrected chi connectivity index (χ3v) is 3.74. The van der Waals surface area contributed by atoms with Gasteiger partial charge in [0.25, 0.3) is 0 Å². The van der Waals surface area contributed by atoms with Gasteiger partial charge in [-0.15, -0.1) is 0 Å². The van der Waals surface area contributed by atoms with Crippen LogP contribution in [0.5, 0.6) is 0 Å². The average molecular weight is 341 g/mol. The minimum Gasteiger partial charge on any atom is -0.322 e. The molecule has 1 N–H and O–H groups in total. The number of halogens is 3. The molecule has 0 saturated carbocycles. The van der Waals surface area contributed by atoms with E-state index in [9.17, 15) is 4.79 Å². The van der Waals surface area contributed by atoms with Crippen molar-refractivity contribution in [2.75, 3.05) is 5.32 Å². The van der Waals surface area contributed by atoms with Crippen molar-refractivity contribution in [3.8, 4) is 0 Å². The molecule has 0 aliphatic carbocycles. The first-order valence-corrected chi connectivity index (χ1v) is 7.30. The summed E-state index contributed by atoms with van der Waals surface area (Å²) < 4.78 is 0. The van der Waals surface area contributed by atoms with Crippen LogP contribution in [-0.4, -0.2) is 5.91 Å². The smallest absolute Gasteiger partial charge is 0.248 e. The van der Waals surface area contributed by atoms with Crippen LogP contribution in [0.4, 0.5) is 5.69 Å². The van der Waals surface area contributed by atoms with Gasteiger partial charge in [-0.2, -0.15) is 0 Å². The first kappa shape index (κ1) is 15.9. The fourth-order valence-corrected chi connectivity index (χ4v) is 2.52. The Balaban J connectivity index is 2.13. The number of aryl methyl sites for hydroxylation is 1. The molecule has 0 atom stereocenters. The molecule has 2 nitrogen and oxygen atoms in total. The highest BCUT2D eigenvalue weighted by Crippen LogP contribution is 2.25. The summed E-state index contributed by atoms with van der Waals surface area (Å²) in [4.78, 5) is 11.9. The number of carbonyl (C=O) groups excluding carboxylic acids is 1. The minimum atomic E-state index is -0.267. The van der Waals surface area contributed by atoms with Crippen molar-refractivity contribution >= 4 is 52.5 Å². The van der Waals surface area contributed by atoms with Crippen LogP contribution in [0, 0.1) is 6.92 Å². The van der Waals surface area contributed by atoms with Crippen molar-refractivity contribution in [3.05, 3.63) is 68.7 Å². The number of carbonyl (C=O) groups is 1. The van der Waals surface area contributed by atoms with Crippen molar-refractivity contribution in [1.29, 1.82) is 0 Å². The Bertz CT molecular complexity index is 690. The van der Waals surface area contributed by atoms with Crippen LogP contribution in [-0.2, 0) is 4.79 Å². The van der Waals surface area contributed by atoms with Crippen molar-refractivity contribution in [2.24, 2.45) is 0 Å². The van der Waals surface area contributed by atoms with Crippen molar-refractivity contribution in [1.82, 2.24) is 0 Å². The van der Waals surface area contributed by atoms with Gasteiger partial charge in [0.05, 0.1) is 0 Å². The maximum Gasteiger partial charge on any atom is 0.248 e. The molecule has 0 spiro atoms. The average Bonchev–Trinajstić information content (AvgIpc) is 2.41. The third-order valence-electron chi connectivity index (χ3n) is 2.85. The van der Waals surface area contributed by atoms with Gasteiger partial charge in [-0.1, -0.05) is 40.9 Å². The third kappa shape index (κ3) is 4.24. The summed E-state index contributed by atoms with van der Waals surface area (Å²) in [6, 6.07) is 10.4. The normalized spacial score (nSPS) is 10.9.